The lowest BCUT2D eigenvalue weighted by atomic mass is 9.92. The summed E-state index contributed by atoms with van der Waals surface area (Å²) in [5.74, 6) is -0.375. The first-order chi connectivity index (χ1) is 14.2. The van der Waals surface area contributed by atoms with Gasteiger partial charge in [-0.15, -0.1) is 0 Å². The summed E-state index contributed by atoms with van der Waals surface area (Å²) in [7, 11) is 0. The maximum atomic E-state index is 13.7. The molecule has 1 aromatic carbocycles. The highest BCUT2D eigenvalue weighted by atomic mass is 19.1. The summed E-state index contributed by atoms with van der Waals surface area (Å²) in [6.07, 6.45) is -2.09. The monoisotopic (exact) mass is 433 g/mol. The molecular weight excluding hydrogens is 405 g/mol. The Kier molecular flexibility index (Phi) is 7.00. The van der Waals surface area contributed by atoms with E-state index in [0.29, 0.717) is 22.4 Å². The van der Waals surface area contributed by atoms with E-state index in [1.165, 1.54) is 18.2 Å². The molecule has 0 spiro atoms. The Bertz CT molecular complexity index is 986. The second-order valence-electron chi connectivity index (χ2n) is 8.91. The molecule has 1 aromatic heterocycles. The fourth-order valence-electron chi connectivity index (χ4n) is 2.90. The van der Waals surface area contributed by atoms with Gasteiger partial charge in [-0.05, 0) is 83.0 Å². The molecule has 0 fully saturated rings. The first-order valence-electron chi connectivity index (χ1n) is 9.78. The Morgan fingerprint density at radius 2 is 1.90 bits per heavy atom. The molecule has 0 aliphatic heterocycles. The summed E-state index contributed by atoms with van der Waals surface area (Å²) < 4.78 is 19.0. The van der Waals surface area contributed by atoms with E-state index < -0.39 is 34.8 Å². The van der Waals surface area contributed by atoms with Gasteiger partial charge in [0.25, 0.3) is 0 Å². The van der Waals surface area contributed by atoms with E-state index in [2.05, 4.69) is 10.3 Å². The van der Waals surface area contributed by atoms with Gasteiger partial charge in [-0.2, -0.15) is 0 Å². The van der Waals surface area contributed by atoms with Gasteiger partial charge in [0.15, 0.2) is 6.10 Å². The summed E-state index contributed by atoms with van der Waals surface area (Å²) in [6.45, 7) is 9.58. The molecule has 0 saturated heterocycles. The number of ether oxygens (including phenoxy) is 1. The van der Waals surface area contributed by atoms with Crippen LogP contribution in [0, 0.1) is 22.9 Å². The number of nitrogens with one attached hydrogen (secondary N) is 1. The van der Waals surface area contributed by atoms with Crippen LogP contribution in [0.2, 0.25) is 0 Å². The number of alkyl carbamates (subject to hydrolysis) is 1. The molecule has 0 aliphatic carbocycles. The quantitative estimate of drug-likeness (QED) is 0.519. The Morgan fingerprint density at radius 1 is 1.26 bits per heavy atom. The Labute approximate surface area is 180 Å². The number of benzene rings is 1. The minimum Gasteiger partial charge on any atom is -0.444 e. The van der Waals surface area contributed by atoms with Crippen molar-refractivity contribution in [2.24, 2.45) is 0 Å². The van der Waals surface area contributed by atoms with Crippen LogP contribution in [0.25, 0.3) is 11.3 Å². The molecule has 0 radical (unpaired) electrons. The van der Waals surface area contributed by atoms with Gasteiger partial charge in [-0.3, -0.25) is 10.1 Å². The van der Waals surface area contributed by atoms with Gasteiger partial charge in [0.2, 0.25) is 6.54 Å². The maximum Gasteiger partial charge on any atom is 0.408 e. The number of rotatable bonds is 6. The third kappa shape index (κ3) is 6.71. The fraction of sp³-hybridized carbons (Fsp3) is 0.455. The smallest absolute Gasteiger partial charge is 0.408 e. The standard InChI is InChI=1S/C22H28FN3O5/c1-13-9-14(7-8-16(13)23)17-10-15(11-18(24-17)19(27)12-26(29)30)22(5,6)25-20(28)31-21(2,3)4/h7-11,19,27H,12H2,1-6H3,(H,25,28). The lowest BCUT2D eigenvalue weighted by Crippen LogP contribution is -2.44. The molecule has 1 heterocycles. The van der Waals surface area contributed by atoms with Crippen molar-refractivity contribution in [3.8, 4) is 11.3 Å². The molecule has 1 atom stereocenters. The van der Waals surface area contributed by atoms with E-state index >= 15 is 0 Å². The molecule has 2 aromatic rings. The van der Waals surface area contributed by atoms with Crippen molar-refractivity contribution < 1.29 is 24.0 Å². The average Bonchev–Trinajstić information content (AvgIpc) is 2.61. The molecule has 0 aliphatic rings. The van der Waals surface area contributed by atoms with Crippen LogP contribution in [0.15, 0.2) is 30.3 Å². The summed E-state index contributed by atoms with van der Waals surface area (Å²) >= 11 is 0. The Hall–Kier alpha value is -3.07. The van der Waals surface area contributed by atoms with Crippen molar-refractivity contribution in [2.75, 3.05) is 6.54 Å². The van der Waals surface area contributed by atoms with E-state index in [9.17, 15) is 24.4 Å². The van der Waals surface area contributed by atoms with Crippen molar-refractivity contribution in [3.63, 3.8) is 0 Å². The zero-order valence-electron chi connectivity index (χ0n) is 18.5. The molecule has 0 saturated carbocycles. The largest absolute Gasteiger partial charge is 0.444 e. The number of nitro groups is 1. The summed E-state index contributed by atoms with van der Waals surface area (Å²) in [5.41, 5.74) is 0.331. The zero-order chi connectivity index (χ0) is 23.6. The van der Waals surface area contributed by atoms with Crippen LogP contribution in [0.5, 0.6) is 0 Å². The zero-order valence-corrected chi connectivity index (χ0v) is 18.5. The summed E-state index contributed by atoms with van der Waals surface area (Å²) in [6, 6.07) is 7.62. The number of hydrogen-bond donors (Lipinski definition) is 2. The molecule has 1 unspecified atom stereocenters. The van der Waals surface area contributed by atoms with Gasteiger partial charge >= 0.3 is 6.09 Å². The lowest BCUT2D eigenvalue weighted by molar-refractivity contribution is -0.491. The highest BCUT2D eigenvalue weighted by molar-refractivity contribution is 5.69. The van der Waals surface area contributed by atoms with Crippen LogP contribution in [-0.2, 0) is 10.3 Å². The van der Waals surface area contributed by atoms with Gasteiger partial charge < -0.3 is 15.2 Å². The lowest BCUT2D eigenvalue weighted by Gasteiger charge is -2.30. The topological polar surface area (TPSA) is 115 Å². The fourth-order valence-corrected chi connectivity index (χ4v) is 2.90. The highest BCUT2D eigenvalue weighted by Gasteiger charge is 2.29. The van der Waals surface area contributed by atoms with Crippen LogP contribution in [0.3, 0.4) is 0 Å². The number of carbonyl (C=O) groups excluding carboxylic acids is 1. The summed E-state index contributed by atoms with van der Waals surface area (Å²) in [4.78, 5) is 26.9. The van der Waals surface area contributed by atoms with Crippen molar-refractivity contribution in [1.29, 1.82) is 0 Å². The number of aromatic nitrogens is 1. The molecule has 2 rings (SSSR count). The molecule has 168 valence electrons. The van der Waals surface area contributed by atoms with E-state index in [-0.39, 0.29) is 11.5 Å². The van der Waals surface area contributed by atoms with Crippen LogP contribution in [-0.4, -0.2) is 33.3 Å². The van der Waals surface area contributed by atoms with Crippen LogP contribution in [0.1, 0.15) is 57.5 Å². The van der Waals surface area contributed by atoms with Crippen molar-refractivity contribution in [1.82, 2.24) is 10.3 Å². The SMILES string of the molecule is Cc1cc(-c2cc(C(C)(C)NC(=O)OC(C)(C)C)cc(C(O)C[N+](=O)[O-])n2)ccc1F. The molecule has 31 heavy (non-hydrogen) atoms. The van der Waals surface area contributed by atoms with Crippen molar-refractivity contribution in [2.45, 2.75) is 58.8 Å². The Morgan fingerprint density at radius 3 is 2.45 bits per heavy atom. The normalized spacial score (nSPS) is 12.9. The van der Waals surface area contributed by atoms with E-state index in [4.69, 9.17) is 4.74 Å². The number of aliphatic hydroxyl groups excluding tert-OH is 1. The molecule has 9 heteroatoms. The van der Waals surface area contributed by atoms with Crippen molar-refractivity contribution in [3.05, 3.63) is 63.1 Å². The third-order valence-electron chi connectivity index (χ3n) is 4.50. The number of aryl methyl sites for hydroxylation is 1. The van der Waals surface area contributed by atoms with Gasteiger partial charge in [0.1, 0.15) is 11.4 Å². The third-order valence-corrected chi connectivity index (χ3v) is 4.50. The van der Waals surface area contributed by atoms with E-state index in [1.54, 1.807) is 53.7 Å². The average molecular weight is 433 g/mol. The molecule has 2 N–H and O–H groups in total. The molecule has 8 nitrogen and oxygen atoms in total. The van der Waals surface area contributed by atoms with Crippen LogP contribution >= 0.6 is 0 Å². The number of hydrogen-bond acceptors (Lipinski definition) is 6. The van der Waals surface area contributed by atoms with E-state index in [1.807, 2.05) is 0 Å². The highest BCUT2D eigenvalue weighted by Crippen LogP contribution is 2.29. The predicted octanol–water partition coefficient (Wildman–Crippen LogP) is 4.27. The number of amides is 1. The van der Waals surface area contributed by atoms with Gasteiger partial charge in [-0.25, -0.2) is 14.2 Å². The minimum absolute atomic E-state index is 0.0743. The molecule has 0 bridgehead atoms. The second-order valence-corrected chi connectivity index (χ2v) is 8.91. The minimum atomic E-state index is -1.45. The number of carbonyl (C=O) groups is 1. The maximum absolute atomic E-state index is 13.7. The molecule has 1 amide bonds. The number of halogens is 1. The van der Waals surface area contributed by atoms with Gasteiger partial charge in [-0.1, -0.05) is 0 Å². The van der Waals surface area contributed by atoms with Crippen molar-refractivity contribution >= 4 is 6.09 Å². The first-order valence-corrected chi connectivity index (χ1v) is 9.78. The molecular formula is C22H28FN3O5. The number of nitrogens with zero attached hydrogens (tertiary/aromatic N) is 2. The predicted molar refractivity (Wildman–Crippen MR) is 114 cm³/mol. The second kappa shape index (κ2) is 8.97. The number of aliphatic hydroxyl groups is 1. The van der Waals surface area contributed by atoms with Gasteiger partial charge in [0, 0.05) is 10.5 Å². The van der Waals surface area contributed by atoms with Crippen LogP contribution < -0.4 is 5.32 Å². The first kappa shape index (κ1) is 24.2. The van der Waals surface area contributed by atoms with Crippen LogP contribution in [0.4, 0.5) is 9.18 Å². The summed E-state index contributed by atoms with van der Waals surface area (Å²) in [5, 5.41) is 24.0. The number of pyridine rings is 1. The van der Waals surface area contributed by atoms with Gasteiger partial charge in [0.05, 0.1) is 16.9 Å². The van der Waals surface area contributed by atoms with E-state index in [0.717, 1.165) is 0 Å². The Balaban J connectivity index is 2.53.